The van der Waals surface area contributed by atoms with Crippen LogP contribution in [0.1, 0.15) is 6.42 Å². The van der Waals surface area contributed by atoms with Gasteiger partial charge in [-0.2, -0.15) is 0 Å². The number of nitrogens with zero attached hydrogens (tertiary/aromatic N) is 1. The summed E-state index contributed by atoms with van der Waals surface area (Å²) in [5.74, 6) is 1.19. The number of H-pyrrole nitrogens is 1. The van der Waals surface area contributed by atoms with E-state index in [1.165, 1.54) is 13.4 Å². The zero-order valence-corrected chi connectivity index (χ0v) is 9.16. The highest BCUT2D eigenvalue weighted by Crippen LogP contribution is 2.17. The number of ether oxygens (including phenoxy) is 2. The van der Waals surface area contributed by atoms with Crippen molar-refractivity contribution in [2.75, 3.05) is 32.2 Å². The Bertz CT molecular complexity index is 399. The molecule has 6 heteroatoms. The highest BCUT2D eigenvalue weighted by atomic mass is 16.5. The second-order valence-electron chi connectivity index (χ2n) is 3.72. The summed E-state index contributed by atoms with van der Waals surface area (Å²) in [7, 11) is 1.45. The van der Waals surface area contributed by atoms with Crippen molar-refractivity contribution in [1.29, 1.82) is 0 Å². The van der Waals surface area contributed by atoms with Gasteiger partial charge >= 0.3 is 0 Å². The molecule has 0 spiro atoms. The van der Waals surface area contributed by atoms with Crippen LogP contribution < -0.4 is 15.6 Å². The van der Waals surface area contributed by atoms with Crippen molar-refractivity contribution in [3.05, 3.63) is 16.7 Å². The van der Waals surface area contributed by atoms with Gasteiger partial charge in [-0.3, -0.25) is 4.79 Å². The first-order valence-electron chi connectivity index (χ1n) is 5.24. The Balaban J connectivity index is 2.02. The Labute approximate surface area is 93.0 Å². The molecule has 1 aromatic heterocycles. The summed E-state index contributed by atoms with van der Waals surface area (Å²) < 4.78 is 10.3. The number of methoxy groups -OCH3 is 1. The normalized spacial score (nSPS) is 19.7. The van der Waals surface area contributed by atoms with Crippen molar-refractivity contribution in [3.63, 3.8) is 0 Å². The highest BCUT2D eigenvalue weighted by Gasteiger charge is 2.16. The molecule has 0 bridgehead atoms. The Morgan fingerprint density at radius 3 is 3.31 bits per heavy atom. The predicted octanol–water partition coefficient (Wildman–Crippen LogP) is 0.227. The molecule has 6 nitrogen and oxygen atoms in total. The number of hydrogen-bond donors (Lipinski definition) is 2. The van der Waals surface area contributed by atoms with Crippen molar-refractivity contribution >= 4 is 5.82 Å². The van der Waals surface area contributed by atoms with E-state index >= 15 is 0 Å². The molecular weight excluding hydrogens is 210 g/mol. The van der Waals surface area contributed by atoms with Gasteiger partial charge in [0.2, 0.25) is 5.75 Å². The lowest BCUT2D eigenvalue weighted by Crippen LogP contribution is -2.18. The molecule has 1 atom stereocenters. The molecule has 0 aromatic carbocycles. The molecule has 2 N–H and O–H groups in total. The van der Waals surface area contributed by atoms with E-state index in [2.05, 4.69) is 15.3 Å². The monoisotopic (exact) mass is 225 g/mol. The molecule has 16 heavy (non-hydrogen) atoms. The van der Waals surface area contributed by atoms with Crippen LogP contribution in [-0.4, -0.2) is 36.8 Å². The van der Waals surface area contributed by atoms with Gasteiger partial charge in [0, 0.05) is 19.1 Å². The van der Waals surface area contributed by atoms with Crippen LogP contribution in [0.15, 0.2) is 11.1 Å². The molecule has 88 valence electrons. The Morgan fingerprint density at radius 2 is 2.62 bits per heavy atom. The van der Waals surface area contributed by atoms with Crippen LogP contribution in [0.2, 0.25) is 0 Å². The van der Waals surface area contributed by atoms with Crippen molar-refractivity contribution in [3.8, 4) is 5.75 Å². The number of hydrogen-bond acceptors (Lipinski definition) is 5. The van der Waals surface area contributed by atoms with Gasteiger partial charge in [-0.1, -0.05) is 0 Å². The zero-order chi connectivity index (χ0) is 11.4. The average Bonchev–Trinajstić information content (AvgIpc) is 2.79. The lowest BCUT2D eigenvalue weighted by molar-refractivity contribution is 0.187. The van der Waals surface area contributed by atoms with E-state index in [4.69, 9.17) is 9.47 Å². The minimum absolute atomic E-state index is 0.224. The Morgan fingerprint density at radius 1 is 1.75 bits per heavy atom. The first-order chi connectivity index (χ1) is 7.81. The maximum atomic E-state index is 11.4. The van der Waals surface area contributed by atoms with E-state index < -0.39 is 0 Å². The van der Waals surface area contributed by atoms with Gasteiger partial charge in [-0.05, 0) is 6.42 Å². The molecule has 0 amide bonds. The smallest absolute Gasteiger partial charge is 0.295 e. The number of aromatic nitrogens is 2. The Kier molecular flexibility index (Phi) is 3.40. The van der Waals surface area contributed by atoms with E-state index in [1.54, 1.807) is 0 Å². The van der Waals surface area contributed by atoms with Crippen molar-refractivity contribution in [1.82, 2.24) is 9.97 Å². The standard InChI is InChI=1S/C10H15N3O3/c1-15-8-9(12-6-13-10(8)14)11-4-7-2-3-16-5-7/h6-7H,2-5H2,1H3,(H2,11,12,13,14). The second-order valence-corrected chi connectivity index (χ2v) is 3.72. The largest absolute Gasteiger partial charge is 0.489 e. The van der Waals surface area contributed by atoms with E-state index in [0.717, 1.165) is 26.2 Å². The molecule has 1 aliphatic heterocycles. The van der Waals surface area contributed by atoms with Crippen LogP contribution in [0.25, 0.3) is 0 Å². The van der Waals surface area contributed by atoms with Gasteiger partial charge in [0.25, 0.3) is 5.56 Å². The summed E-state index contributed by atoms with van der Waals surface area (Å²) in [5, 5.41) is 3.11. The van der Waals surface area contributed by atoms with Crippen LogP contribution in [0.5, 0.6) is 5.75 Å². The van der Waals surface area contributed by atoms with E-state index in [-0.39, 0.29) is 11.3 Å². The van der Waals surface area contributed by atoms with E-state index in [1.807, 2.05) is 0 Å². The summed E-state index contributed by atoms with van der Waals surface area (Å²) in [6, 6.07) is 0. The van der Waals surface area contributed by atoms with Gasteiger partial charge < -0.3 is 19.8 Å². The molecule has 2 heterocycles. The van der Waals surface area contributed by atoms with Gasteiger partial charge in [0.05, 0.1) is 20.0 Å². The molecule has 1 aliphatic rings. The van der Waals surface area contributed by atoms with E-state index in [0.29, 0.717) is 11.7 Å². The van der Waals surface area contributed by atoms with Gasteiger partial charge in [-0.15, -0.1) is 0 Å². The third-order valence-electron chi connectivity index (χ3n) is 2.60. The SMILES string of the molecule is COc1c(NCC2CCOC2)nc[nH]c1=O. The van der Waals surface area contributed by atoms with Crippen molar-refractivity contribution in [2.45, 2.75) is 6.42 Å². The van der Waals surface area contributed by atoms with Gasteiger partial charge in [-0.25, -0.2) is 4.98 Å². The summed E-state index contributed by atoms with van der Waals surface area (Å²) in [6.45, 7) is 2.32. The van der Waals surface area contributed by atoms with Crippen LogP contribution >= 0.6 is 0 Å². The molecule has 0 radical (unpaired) electrons. The third kappa shape index (κ3) is 2.33. The Hall–Kier alpha value is -1.56. The first kappa shape index (κ1) is 10.9. The molecular formula is C10H15N3O3. The average molecular weight is 225 g/mol. The number of nitrogens with one attached hydrogen (secondary N) is 2. The summed E-state index contributed by atoms with van der Waals surface area (Å²) in [5.41, 5.74) is -0.275. The zero-order valence-electron chi connectivity index (χ0n) is 9.16. The minimum atomic E-state index is -0.275. The number of anilines is 1. The molecule has 2 rings (SSSR count). The second kappa shape index (κ2) is 4.98. The molecule has 1 aromatic rings. The van der Waals surface area contributed by atoms with Gasteiger partial charge in [0.1, 0.15) is 0 Å². The fourth-order valence-electron chi connectivity index (χ4n) is 1.69. The molecule has 1 fully saturated rings. The molecule has 0 aliphatic carbocycles. The number of aromatic amines is 1. The molecule has 0 saturated carbocycles. The van der Waals surface area contributed by atoms with E-state index in [9.17, 15) is 4.79 Å². The van der Waals surface area contributed by atoms with Crippen LogP contribution in [-0.2, 0) is 4.74 Å². The summed E-state index contributed by atoms with van der Waals surface area (Å²) in [6.07, 6.45) is 2.40. The lowest BCUT2D eigenvalue weighted by atomic mass is 10.1. The minimum Gasteiger partial charge on any atom is -0.489 e. The van der Waals surface area contributed by atoms with Gasteiger partial charge in [0.15, 0.2) is 5.82 Å². The molecule has 1 saturated heterocycles. The maximum absolute atomic E-state index is 11.4. The third-order valence-corrected chi connectivity index (χ3v) is 2.60. The molecule has 1 unspecified atom stereocenters. The van der Waals surface area contributed by atoms with Crippen LogP contribution in [0, 0.1) is 5.92 Å². The number of rotatable bonds is 4. The summed E-state index contributed by atoms with van der Waals surface area (Å²) in [4.78, 5) is 17.9. The lowest BCUT2D eigenvalue weighted by Gasteiger charge is -2.11. The van der Waals surface area contributed by atoms with Crippen molar-refractivity contribution < 1.29 is 9.47 Å². The predicted molar refractivity (Wildman–Crippen MR) is 58.8 cm³/mol. The topological polar surface area (TPSA) is 76.2 Å². The highest BCUT2D eigenvalue weighted by molar-refractivity contribution is 5.47. The fourth-order valence-corrected chi connectivity index (χ4v) is 1.69. The maximum Gasteiger partial charge on any atom is 0.295 e. The first-order valence-corrected chi connectivity index (χ1v) is 5.24. The fraction of sp³-hybridized carbons (Fsp3) is 0.600. The summed E-state index contributed by atoms with van der Waals surface area (Å²) >= 11 is 0. The van der Waals surface area contributed by atoms with Crippen LogP contribution in [0.3, 0.4) is 0 Å². The van der Waals surface area contributed by atoms with Crippen LogP contribution in [0.4, 0.5) is 5.82 Å². The quantitative estimate of drug-likeness (QED) is 0.767. The van der Waals surface area contributed by atoms with Crippen molar-refractivity contribution in [2.24, 2.45) is 5.92 Å².